The van der Waals surface area contributed by atoms with Crippen molar-refractivity contribution in [3.63, 3.8) is 0 Å². The molecule has 14 heavy (non-hydrogen) atoms. The number of methoxy groups -OCH3 is 1. The van der Waals surface area contributed by atoms with Crippen molar-refractivity contribution >= 4 is 5.97 Å². The predicted molar refractivity (Wildman–Crippen MR) is 51.9 cm³/mol. The molecule has 3 heteroatoms. The monoisotopic (exact) mass is 196 g/mol. The second-order valence-corrected chi connectivity index (χ2v) is 3.13. The Morgan fingerprint density at radius 3 is 2.64 bits per heavy atom. The number of aryl methyl sites for hydroxylation is 2. The molecule has 0 saturated heterocycles. The van der Waals surface area contributed by atoms with E-state index >= 15 is 0 Å². The van der Waals surface area contributed by atoms with Gasteiger partial charge in [-0.25, -0.2) is 9.18 Å². The number of halogens is 1. The van der Waals surface area contributed by atoms with E-state index in [1.54, 1.807) is 6.07 Å². The van der Waals surface area contributed by atoms with Crippen LogP contribution in [0.3, 0.4) is 0 Å². The fourth-order valence-electron chi connectivity index (χ4n) is 1.36. The first-order valence-corrected chi connectivity index (χ1v) is 4.47. The van der Waals surface area contributed by atoms with E-state index in [1.165, 1.54) is 13.2 Å². The van der Waals surface area contributed by atoms with Crippen LogP contribution >= 0.6 is 0 Å². The highest BCUT2D eigenvalue weighted by Crippen LogP contribution is 2.17. The molecule has 76 valence electrons. The van der Waals surface area contributed by atoms with Gasteiger partial charge in [-0.1, -0.05) is 13.0 Å². The van der Waals surface area contributed by atoms with Crippen molar-refractivity contribution in [2.24, 2.45) is 0 Å². The zero-order chi connectivity index (χ0) is 10.7. The Morgan fingerprint density at radius 1 is 1.50 bits per heavy atom. The number of rotatable bonds is 2. The predicted octanol–water partition coefficient (Wildman–Crippen LogP) is 2.48. The van der Waals surface area contributed by atoms with Crippen LogP contribution in [0.4, 0.5) is 4.39 Å². The third kappa shape index (κ3) is 1.92. The molecule has 0 atom stereocenters. The van der Waals surface area contributed by atoms with Gasteiger partial charge in [-0.2, -0.15) is 0 Å². The summed E-state index contributed by atoms with van der Waals surface area (Å²) in [4.78, 5) is 11.2. The van der Waals surface area contributed by atoms with Crippen LogP contribution in [-0.4, -0.2) is 13.1 Å². The first kappa shape index (κ1) is 10.7. The standard InChI is InChI=1S/C11H13FO2/c1-4-8-5-7(2)6-9(10(8)12)11(13)14-3/h5-6H,4H2,1-3H3. The number of hydrogen-bond acceptors (Lipinski definition) is 2. The summed E-state index contributed by atoms with van der Waals surface area (Å²) in [5, 5.41) is 0. The minimum Gasteiger partial charge on any atom is -0.465 e. The van der Waals surface area contributed by atoms with Crippen LogP contribution in [-0.2, 0) is 11.2 Å². The number of ether oxygens (including phenoxy) is 1. The van der Waals surface area contributed by atoms with E-state index in [0.29, 0.717) is 12.0 Å². The van der Waals surface area contributed by atoms with Crippen LogP contribution in [0.2, 0.25) is 0 Å². The van der Waals surface area contributed by atoms with E-state index in [1.807, 2.05) is 13.8 Å². The summed E-state index contributed by atoms with van der Waals surface area (Å²) in [5.41, 5.74) is 1.43. The highest BCUT2D eigenvalue weighted by molar-refractivity contribution is 5.90. The molecule has 0 heterocycles. The van der Waals surface area contributed by atoms with Crippen LogP contribution in [0.1, 0.15) is 28.4 Å². The maximum Gasteiger partial charge on any atom is 0.340 e. The van der Waals surface area contributed by atoms with Gasteiger partial charge in [0.25, 0.3) is 0 Å². The number of hydrogen-bond donors (Lipinski definition) is 0. The molecule has 0 aliphatic heterocycles. The van der Waals surface area contributed by atoms with Crippen molar-refractivity contribution in [2.45, 2.75) is 20.3 Å². The van der Waals surface area contributed by atoms with Gasteiger partial charge in [-0.3, -0.25) is 0 Å². The van der Waals surface area contributed by atoms with E-state index < -0.39 is 11.8 Å². The third-order valence-corrected chi connectivity index (χ3v) is 2.08. The molecular weight excluding hydrogens is 183 g/mol. The molecule has 1 aromatic rings. The molecule has 0 fully saturated rings. The lowest BCUT2D eigenvalue weighted by molar-refractivity contribution is 0.0595. The summed E-state index contributed by atoms with van der Waals surface area (Å²) < 4.78 is 18.1. The van der Waals surface area contributed by atoms with Crippen LogP contribution < -0.4 is 0 Å². The normalized spacial score (nSPS) is 10.0. The van der Waals surface area contributed by atoms with Crippen LogP contribution in [0.5, 0.6) is 0 Å². The van der Waals surface area contributed by atoms with E-state index in [4.69, 9.17) is 0 Å². The Labute approximate surface area is 82.7 Å². The summed E-state index contributed by atoms with van der Waals surface area (Å²) in [5.74, 6) is -1.09. The van der Waals surface area contributed by atoms with E-state index in [9.17, 15) is 9.18 Å². The van der Waals surface area contributed by atoms with Crippen molar-refractivity contribution < 1.29 is 13.9 Å². The quantitative estimate of drug-likeness (QED) is 0.679. The molecule has 0 N–H and O–H groups in total. The van der Waals surface area contributed by atoms with Gasteiger partial charge in [0, 0.05) is 0 Å². The lowest BCUT2D eigenvalue weighted by Crippen LogP contribution is -2.07. The zero-order valence-electron chi connectivity index (χ0n) is 8.56. The van der Waals surface area contributed by atoms with Gasteiger partial charge in [-0.05, 0) is 30.5 Å². The molecule has 1 rings (SSSR count). The summed E-state index contributed by atoms with van der Waals surface area (Å²) in [6.45, 7) is 3.67. The largest absolute Gasteiger partial charge is 0.465 e. The topological polar surface area (TPSA) is 26.3 Å². The average Bonchev–Trinajstić information content (AvgIpc) is 2.19. The minimum atomic E-state index is -0.624. The fourth-order valence-corrected chi connectivity index (χ4v) is 1.36. The van der Waals surface area contributed by atoms with Gasteiger partial charge < -0.3 is 4.74 Å². The van der Waals surface area contributed by atoms with Gasteiger partial charge in [0.2, 0.25) is 0 Å². The van der Waals surface area contributed by atoms with Crippen molar-refractivity contribution in [2.75, 3.05) is 7.11 Å². The highest BCUT2D eigenvalue weighted by Gasteiger charge is 2.15. The highest BCUT2D eigenvalue weighted by atomic mass is 19.1. The second kappa shape index (κ2) is 4.22. The Balaban J connectivity index is 3.29. The molecule has 1 aromatic carbocycles. The molecule has 0 aliphatic rings. The molecule has 0 bridgehead atoms. The molecule has 0 saturated carbocycles. The van der Waals surface area contributed by atoms with Gasteiger partial charge >= 0.3 is 5.97 Å². The molecule has 0 aliphatic carbocycles. The maximum absolute atomic E-state index is 13.6. The van der Waals surface area contributed by atoms with E-state index in [2.05, 4.69) is 4.74 Å². The van der Waals surface area contributed by atoms with Crippen LogP contribution in [0, 0.1) is 12.7 Å². The number of esters is 1. The summed E-state index contributed by atoms with van der Waals surface area (Å²) >= 11 is 0. The minimum absolute atomic E-state index is 0.0179. The second-order valence-electron chi connectivity index (χ2n) is 3.13. The van der Waals surface area contributed by atoms with E-state index in [-0.39, 0.29) is 5.56 Å². The van der Waals surface area contributed by atoms with Crippen molar-refractivity contribution in [3.8, 4) is 0 Å². The van der Waals surface area contributed by atoms with Gasteiger partial charge in [0.15, 0.2) is 0 Å². The smallest absolute Gasteiger partial charge is 0.340 e. The average molecular weight is 196 g/mol. The van der Waals surface area contributed by atoms with E-state index in [0.717, 1.165) is 5.56 Å². The lowest BCUT2D eigenvalue weighted by Gasteiger charge is -2.06. The number of carbonyl (C=O) groups excluding carboxylic acids is 1. The Kier molecular flexibility index (Phi) is 3.23. The first-order chi connectivity index (χ1) is 6.60. The first-order valence-electron chi connectivity index (χ1n) is 4.47. The van der Waals surface area contributed by atoms with Gasteiger partial charge in [0.1, 0.15) is 5.82 Å². The van der Waals surface area contributed by atoms with Crippen molar-refractivity contribution in [3.05, 3.63) is 34.6 Å². The fraction of sp³-hybridized carbons (Fsp3) is 0.364. The molecule has 0 spiro atoms. The molecule has 0 radical (unpaired) electrons. The number of carbonyl (C=O) groups is 1. The van der Waals surface area contributed by atoms with Crippen molar-refractivity contribution in [1.29, 1.82) is 0 Å². The molecule has 0 unspecified atom stereocenters. The Bertz CT molecular complexity index is 359. The summed E-state index contributed by atoms with van der Waals surface area (Å²) in [6, 6.07) is 3.24. The Morgan fingerprint density at radius 2 is 2.14 bits per heavy atom. The lowest BCUT2D eigenvalue weighted by atomic mass is 10.0. The zero-order valence-corrected chi connectivity index (χ0v) is 8.56. The van der Waals surface area contributed by atoms with Gasteiger partial charge in [0.05, 0.1) is 12.7 Å². The molecule has 2 nitrogen and oxygen atoms in total. The summed E-state index contributed by atoms with van der Waals surface area (Å²) in [6.07, 6.45) is 0.567. The van der Waals surface area contributed by atoms with Crippen LogP contribution in [0.25, 0.3) is 0 Å². The molecule has 0 amide bonds. The van der Waals surface area contributed by atoms with Gasteiger partial charge in [-0.15, -0.1) is 0 Å². The SMILES string of the molecule is CCc1cc(C)cc(C(=O)OC)c1F. The molecular formula is C11H13FO2. The van der Waals surface area contributed by atoms with Crippen LogP contribution in [0.15, 0.2) is 12.1 Å². The number of benzene rings is 1. The van der Waals surface area contributed by atoms with Crippen molar-refractivity contribution in [1.82, 2.24) is 0 Å². The maximum atomic E-state index is 13.6. The molecule has 0 aromatic heterocycles. The Hall–Kier alpha value is -1.38. The summed E-state index contributed by atoms with van der Waals surface area (Å²) in [7, 11) is 1.25. The third-order valence-electron chi connectivity index (χ3n) is 2.08.